The Morgan fingerprint density at radius 3 is 0.913 bits per heavy atom. The second-order valence-electron chi connectivity index (χ2n) is 32.4. The molecule has 2 saturated heterocycles. The van der Waals surface area contributed by atoms with Crippen molar-refractivity contribution in [2.45, 2.75) is 223 Å². The summed E-state index contributed by atoms with van der Waals surface area (Å²) in [6.07, 6.45) is 25.7. The Hall–Kier alpha value is -4.77. The first kappa shape index (κ1) is 95.7. The SMILES string of the molecule is C1CCC([PH+](C2CCCCC2)C2CCCCC2)CC1.C=Cc1ccccc1CN(C)Cc1ccccc1.CN(Cc1ccccc1)Cc1ccccc1[CH]=[Ru]([Cl])[Cl].Cc1cc(C)c(N2[CH-]N(c3c(C)cc(C)cc3C)CC2)c(C)c1.Cc1cc(C)c(N2[CH-]N(c3c(C)cc(C)cc3C)CC2)c(C)c1.[Cl][Cu].[Cl][Ru]([Cl])=[CH]c1ccccc1. The van der Waals surface area contributed by atoms with Crippen molar-refractivity contribution >= 4 is 94.8 Å². The first-order valence-corrected chi connectivity index (χ1v) is 55.4. The third-order valence-corrected chi connectivity index (χ3v) is 30.9. The molecule has 9 aromatic carbocycles. The van der Waals surface area contributed by atoms with Crippen molar-refractivity contribution in [2.24, 2.45) is 0 Å². The van der Waals surface area contributed by atoms with Gasteiger partial charge in [-0.3, -0.25) is 4.90 Å². The molecule has 0 bridgehead atoms. The van der Waals surface area contributed by atoms with Gasteiger partial charge in [0.25, 0.3) is 0 Å². The fourth-order valence-corrected chi connectivity index (χ4v) is 27.3. The summed E-state index contributed by atoms with van der Waals surface area (Å²) in [7, 11) is 31.7. The van der Waals surface area contributed by atoms with Gasteiger partial charge in [-0.1, -0.05) is 157 Å². The summed E-state index contributed by atoms with van der Waals surface area (Å²) in [5.74, 6) is 0. The predicted octanol–water partition coefficient (Wildman–Crippen LogP) is 28.0. The molecule has 14 rings (SSSR count). The van der Waals surface area contributed by atoms with E-state index in [9.17, 15) is 0 Å². The van der Waals surface area contributed by atoms with E-state index in [1.807, 2.05) is 57.8 Å². The first-order chi connectivity index (χ1) is 55.4. The Morgan fingerprint density at radius 2 is 0.626 bits per heavy atom. The topological polar surface area (TPSA) is 19.4 Å². The van der Waals surface area contributed by atoms with E-state index in [1.165, 1.54) is 134 Å². The van der Waals surface area contributed by atoms with E-state index in [0.717, 1.165) is 63.5 Å². The summed E-state index contributed by atoms with van der Waals surface area (Å²) in [6, 6.07) is 65.9. The van der Waals surface area contributed by atoms with Crippen molar-refractivity contribution in [3.63, 3.8) is 0 Å². The summed E-state index contributed by atoms with van der Waals surface area (Å²) in [5.41, 5.74) is 34.1. The number of hydrogen-bond acceptors (Lipinski definition) is 6. The van der Waals surface area contributed by atoms with Gasteiger partial charge in [0.1, 0.15) is 0 Å². The van der Waals surface area contributed by atoms with Gasteiger partial charge in [-0.25, -0.2) is 0 Å². The van der Waals surface area contributed by atoms with Gasteiger partial charge in [0.2, 0.25) is 0 Å². The van der Waals surface area contributed by atoms with Crippen LogP contribution in [0.15, 0.2) is 195 Å². The van der Waals surface area contributed by atoms with E-state index < -0.39 is 27.0 Å². The number of nitrogens with zero attached hydrogens (tertiary/aromatic N) is 6. The number of rotatable bonds is 18. The van der Waals surface area contributed by atoms with E-state index in [0.29, 0.717) is 0 Å². The zero-order valence-corrected chi connectivity index (χ0v) is 80.3. The van der Waals surface area contributed by atoms with Crippen LogP contribution >= 0.6 is 56.8 Å². The molecular formula is C100H130Cl5CuN6PRu2-. The molecule has 15 heteroatoms. The van der Waals surface area contributed by atoms with Gasteiger partial charge in [0.15, 0.2) is 0 Å². The maximum atomic E-state index is 5.99. The molecule has 0 N–H and O–H groups in total. The Morgan fingerprint density at radius 1 is 0.365 bits per heavy atom. The first-order valence-electron chi connectivity index (χ1n) is 41.4. The molecule has 0 unspecified atom stereocenters. The number of benzene rings is 9. The van der Waals surface area contributed by atoms with Gasteiger partial charge in [-0.2, -0.15) is 13.3 Å². The summed E-state index contributed by atoms with van der Waals surface area (Å²) < 4.78 is 3.94. The average molecular weight is 1890 g/mol. The number of aryl methyl sites for hydroxylation is 12. The molecule has 5 fully saturated rings. The molecule has 9 aromatic rings. The standard InChI is InChI=1S/2C21H27N2.C18H33P.C17H19N.C16H17N.C7H6.5ClH.Cu.2Ru/c2*1-14-9-16(3)20(17(4)10-14)22-7-8-23(13-22)21-18(5)11-15(2)12-19(21)6;1-4-10-16(11-5-1)19(17-12-6-2-7-13-17)18-14-8-3-9-15-18;1-3-16-11-7-8-12-17(16)14-18(2)13-15-9-5-4-6-10-15;1-14-8-6-7-11-16(14)13-17(2)12-15-9-4-3-5-10-15;1-7-5-3-2-4-6-7;;;;;;;;/h2*9-13H,7-8H2,1-6H3;16-18H,1-15H2;3-12H,1,13-14H2,2H3;1,3-11H,12-13H2,2H3;1-6H;5*1H;;;/q2*-1;;;;;;;;;;+1;2*+2/p-4. The van der Waals surface area contributed by atoms with E-state index >= 15 is 0 Å². The van der Waals surface area contributed by atoms with Crippen LogP contribution < -0.4 is 19.6 Å². The average Bonchev–Trinajstić information content (AvgIpc) is 1.70. The molecule has 3 saturated carbocycles. The Kier molecular flexibility index (Phi) is 42.0. The summed E-state index contributed by atoms with van der Waals surface area (Å²) in [5, 5.41) is 0. The fourth-order valence-electron chi connectivity index (χ4n) is 18.3. The van der Waals surface area contributed by atoms with Crippen molar-refractivity contribution in [1.29, 1.82) is 0 Å². The van der Waals surface area contributed by atoms with Crippen LogP contribution in [-0.4, -0.2) is 76.3 Å². The van der Waals surface area contributed by atoms with E-state index in [1.54, 1.807) is 96.3 Å². The minimum atomic E-state index is -1.78. The maximum absolute atomic E-state index is 5.99. The van der Waals surface area contributed by atoms with Crippen LogP contribution in [0.3, 0.4) is 0 Å². The van der Waals surface area contributed by atoms with Crippen molar-refractivity contribution in [2.75, 3.05) is 59.9 Å². The van der Waals surface area contributed by atoms with Gasteiger partial charge in [0, 0.05) is 69.9 Å². The van der Waals surface area contributed by atoms with Crippen LogP contribution in [-0.2, 0) is 68.3 Å². The monoisotopic (exact) mass is 1890 g/mol. The van der Waals surface area contributed by atoms with Gasteiger partial charge in [-0.05, 0) is 228 Å². The molecule has 0 atom stereocenters. The number of halogens is 5. The molecule has 0 radical (unpaired) electrons. The molecule has 0 amide bonds. The van der Waals surface area contributed by atoms with Crippen molar-refractivity contribution in [3.8, 4) is 0 Å². The Labute approximate surface area is 735 Å². The van der Waals surface area contributed by atoms with Crippen LogP contribution in [0.1, 0.15) is 202 Å². The second kappa shape index (κ2) is 50.5. The van der Waals surface area contributed by atoms with Gasteiger partial charge in [-0.15, -0.1) is 0 Å². The van der Waals surface area contributed by atoms with Crippen molar-refractivity contribution in [3.05, 3.63) is 314 Å². The third-order valence-electron chi connectivity index (χ3n) is 22.6. The molecule has 6 nitrogen and oxygen atoms in total. The third kappa shape index (κ3) is 31.0. The second-order valence-corrected chi connectivity index (χ2v) is 47.3. The van der Waals surface area contributed by atoms with Crippen LogP contribution in [0.4, 0.5) is 22.7 Å². The van der Waals surface area contributed by atoms with Gasteiger partial charge in [0.05, 0.1) is 17.0 Å². The van der Waals surface area contributed by atoms with Crippen LogP contribution in [0.5, 0.6) is 0 Å². The summed E-state index contributed by atoms with van der Waals surface area (Å²) in [4.78, 5) is 14.2. The predicted molar refractivity (Wildman–Crippen MR) is 502 cm³/mol. The van der Waals surface area contributed by atoms with Crippen molar-refractivity contribution < 1.29 is 42.1 Å². The van der Waals surface area contributed by atoms with E-state index in [4.69, 9.17) is 38.8 Å². The molecule has 5 aliphatic rings. The number of anilines is 4. The van der Waals surface area contributed by atoms with E-state index in [-0.39, 0.29) is 7.92 Å². The minimum absolute atomic E-state index is 0.0465. The number of hydrogen-bond donors (Lipinski definition) is 0. The molecule has 0 spiro atoms. The molecule has 115 heavy (non-hydrogen) atoms. The van der Waals surface area contributed by atoms with Crippen LogP contribution in [0.25, 0.3) is 6.08 Å². The molecule has 0 aromatic heterocycles. The molecular weight excluding hydrogens is 1760 g/mol. The van der Waals surface area contributed by atoms with Crippen molar-refractivity contribution in [1.82, 2.24) is 9.80 Å². The van der Waals surface area contributed by atoms with Crippen LogP contribution in [0, 0.1) is 96.4 Å². The summed E-state index contributed by atoms with van der Waals surface area (Å²) in [6.45, 7) is 42.7. The van der Waals surface area contributed by atoms with Gasteiger partial charge < -0.3 is 19.6 Å². The Bertz CT molecular complexity index is 4110. The molecule has 3 aliphatic carbocycles. The molecule has 2 aliphatic heterocycles. The van der Waals surface area contributed by atoms with Crippen LogP contribution in [0.2, 0.25) is 0 Å². The fraction of sp³-hybridized carbons (Fsp3) is 0.400. The van der Waals surface area contributed by atoms with Gasteiger partial charge >= 0.3 is 232 Å². The zero-order valence-electron chi connectivity index (χ0n) is 71.1. The summed E-state index contributed by atoms with van der Waals surface area (Å²) >= 11 is 0.266. The quantitative estimate of drug-likeness (QED) is 0.0481. The normalized spacial score (nSPS) is 15.3. The zero-order chi connectivity index (χ0) is 82.9. The molecule has 628 valence electrons. The van der Waals surface area contributed by atoms with E-state index in [2.05, 4.69) is 317 Å². The Balaban J connectivity index is 0.000000174. The molecule has 2 heterocycles.